The number of ether oxygens (including phenoxy) is 2. The second kappa shape index (κ2) is 15.5. The molecule has 314 valence electrons. The summed E-state index contributed by atoms with van der Waals surface area (Å²) in [7, 11) is 3.43. The summed E-state index contributed by atoms with van der Waals surface area (Å²) in [5.41, 5.74) is 11.8. The van der Waals surface area contributed by atoms with Gasteiger partial charge in [0.1, 0.15) is 11.5 Å². The number of aromatic nitrogens is 2. The van der Waals surface area contributed by atoms with E-state index in [0.717, 1.165) is 99.9 Å². The van der Waals surface area contributed by atoms with Crippen molar-refractivity contribution in [2.24, 2.45) is 0 Å². The van der Waals surface area contributed by atoms with Crippen LogP contribution in [0.1, 0.15) is 0 Å². The van der Waals surface area contributed by atoms with Crippen LogP contribution in [0, 0.1) is 0 Å². The van der Waals surface area contributed by atoms with Crippen LogP contribution in [0.4, 0.5) is 0 Å². The lowest BCUT2D eigenvalue weighted by molar-refractivity contribution is 0.411. The summed E-state index contributed by atoms with van der Waals surface area (Å²) in [6.07, 6.45) is 0. The first kappa shape index (κ1) is 38.9. The highest BCUT2D eigenvalue weighted by molar-refractivity contribution is 6.11. The Morgan fingerprint density at radius 1 is 0.318 bits per heavy atom. The highest BCUT2D eigenvalue weighted by Gasteiger charge is 2.20. The van der Waals surface area contributed by atoms with E-state index in [4.69, 9.17) is 9.47 Å². The molecule has 66 heavy (non-hydrogen) atoms. The largest absolute Gasteiger partial charge is 0.496 e. The first-order chi connectivity index (χ1) is 32.5. The lowest BCUT2D eigenvalue weighted by atomic mass is 9.90. The van der Waals surface area contributed by atoms with Crippen LogP contribution in [0.15, 0.2) is 216 Å². The monoisotopic (exact) mass is 852 g/mol. The molecule has 0 aliphatic carbocycles. The first-order valence-electron chi connectivity index (χ1n) is 22.0. The van der Waals surface area contributed by atoms with E-state index >= 15 is 0 Å². The van der Waals surface area contributed by atoms with Gasteiger partial charge in [0.05, 0.1) is 36.3 Å². The highest BCUT2D eigenvalue weighted by Crippen LogP contribution is 2.46. The molecule has 0 unspecified atom stereocenters. The molecule has 0 radical (unpaired) electrons. The lowest BCUT2D eigenvalue weighted by Gasteiger charge is -2.19. The Kier molecular flexibility index (Phi) is 9.14. The second-order valence-corrected chi connectivity index (χ2v) is 16.6. The minimum atomic E-state index is 0.0437. The Morgan fingerprint density at radius 3 is 0.970 bits per heavy atom. The maximum atomic E-state index is 13.4. The molecule has 12 aromatic rings. The van der Waals surface area contributed by atoms with Crippen LogP contribution >= 0.6 is 0 Å². The van der Waals surface area contributed by atoms with Gasteiger partial charge in [-0.15, -0.1) is 0 Å². The molecule has 10 aromatic carbocycles. The Balaban J connectivity index is 0.922. The molecule has 0 N–H and O–H groups in total. The average molecular weight is 853 g/mol. The zero-order valence-electron chi connectivity index (χ0n) is 36.2. The van der Waals surface area contributed by atoms with E-state index in [-0.39, 0.29) is 10.9 Å². The molecular formula is C60H40N2O4. The highest BCUT2D eigenvalue weighted by atomic mass is 16.5. The van der Waals surface area contributed by atoms with E-state index in [1.54, 1.807) is 14.2 Å². The minimum Gasteiger partial charge on any atom is -0.496 e. The van der Waals surface area contributed by atoms with Gasteiger partial charge in [0.15, 0.2) is 10.9 Å². The van der Waals surface area contributed by atoms with Crippen molar-refractivity contribution in [2.45, 2.75) is 0 Å². The summed E-state index contributed by atoms with van der Waals surface area (Å²) in [6.45, 7) is 0. The quantitative estimate of drug-likeness (QED) is 0.150. The van der Waals surface area contributed by atoms with E-state index in [1.165, 1.54) is 0 Å². The fourth-order valence-electron chi connectivity index (χ4n) is 9.99. The Morgan fingerprint density at radius 2 is 0.636 bits per heavy atom. The molecule has 0 bridgehead atoms. The van der Waals surface area contributed by atoms with Gasteiger partial charge < -0.3 is 18.6 Å². The van der Waals surface area contributed by atoms with Crippen LogP contribution in [0.5, 0.6) is 11.5 Å². The molecule has 0 atom stereocenters. The Bertz CT molecular complexity index is 3670. The third-order valence-electron chi connectivity index (χ3n) is 13.1. The topological polar surface area (TPSA) is 62.5 Å². The second-order valence-electron chi connectivity index (χ2n) is 16.6. The Hall–Kier alpha value is -8.74. The van der Waals surface area contributed by atoms with Gasteiger partial charge in [0, 0.05) is 44.0 Å². The number of nitrogens with zero attached hydrogens (tertiary/aromatic N) is 2. The Labute approximate surface area is 379 Å². The van der Waals surface area contributed by atoms with E-state index in [2.05, 4.69) is 106 Å². The summed E-state index contributed by atoms with van der Waals surface area (Å²) in [4.78, 5) is 26.8. The number of rotatable bonds is 7. The van der Waals surface area contributed by atoms with Crippen molar-refractivity contribution in [3.63, 3.8) is 0 Å². The van der Waals surface area contributed by atoms with Crippen LogP contribution < -0.4 is 20.3 Å². The fraction of sp³-hybridized carbons (Fsp3) is 0.0333. The first-order valence-corrected chi connectivity index (χ1v) is 22.0. The van der Waals surface area contributed by atoms with Crippen molar-refractivity contribution < 1.29 is 9.47 Å². The summed E-state index contributed by atoms with van der Waals surface area (Å²) >= 11 is 0. The van der Waals surface area contributed by atoms with Gasteiger partial charge in [-0.2, -0.15) is 0 Å². The molecule has 6 nitrogen and oxygen atoms in total. The number of hydrogen-bond donors (Lipinski definition) is 0. The summed E-state index contributed by atoms with van der Waals surface area (Å²) in [5.74, 6) is 1.52. The molecule has 0 saturated carbocycles. The van der Waals surface area contributed by atoms with Crippen molar-refractivity contribution in [2.75, 3.05) is 14.2 Å². The summed E-state index contributed by atoms with van der Waals surface area (Å²) in [6, 6.07) is 69.8. The van der Waals surface area contributed by atoms with Gasteiger partial charge in [0.25, 0.3) is 0 Å². The molecule has 2 heterocycles. The molecule has 0 aliphatic rings. The van der Waals surface area contributed by atoms with Crippen molar-refractivity contribution in [1.82, 2.24) is 9.13 Å². The van der Waals surface area contributed by atoms with E-state index in [9.17, 15) is 9.59 Å². The number of methoxy groups -OCH3 is 2. The number of hydrogen-bond acceptors (Lipinski definition) is 4. The lowest BCUT2D eigenvalue weighted by Crippen LogP contribution is -2.10. The minimum absolute atomic E-state index is 0.0437. The standard InChI is InChI=1S/C60H40N2O4/c1-65-55-33-25-41-35-39(37-19-27-43(28-20-37)61-51-15-7-3-11-47(51)59(63)48-12-4-8-16-52(48)61)23-31-45(41)57(55)58-46-32-24-40(36-42(46)26-34-56(58)66-2)38-21-29-44(30-22-38)62-53-17-9-5-13-49(53)60(64)50-14-6-10-18-54(50)62/h3-36H,1-2H3. The van der Waals surface area contributed by atoms with Crippen LogP contribution in [0.3, 0.4) is 0 Å². The number of para-hydroxylation sites is 4. The maximum Gasteiger partial charge on any atom is 0.197 e. The molecule has 0 fully saturated rings. The molecule has 6 heteroatoms. The smallest absolute Gasteiger partial charge is 0.197 e. The molecule has 0 aliphatic heterocycles. The molecule has 0 spiro atoms. The third-order valence-corrected chi connectivity index (χ3v) is 13.1. The molecule has 2 aromatic heterocycles. The SMILES string of the molecule is COc1ccc2cc(-c3ccc(-n4c5ccccc5c(=O)c5ccccc54)cc3)ccc2c1-c1c(OC)ccc2cc(-c3ccc(-n4c5ccccc5c(=O)c5ccccc54)cc3)ccc12. The number of fused-ring (bicyclic) bond motifs is 6. The predicted molar refractivity (Wildman–Crippen MR) is 272 cm³/mol. The van der Waals surface area contributed by atoms with Gasteiger partial charge in [-0.25, -0.2) is 0 Å². The van der Waals surface area contributed by atoms with Gasteiger partial charge in [0.2, 0.25) is 0 Å². The van der Waals surface area contributed by atoms with E-state index < -0.39 is 0 Å². The maximum absolute atomic E-state index is 13.4. The number of benzene rings is 10. The average Bonchev–Trinajstić information content (AvgIpc) is 3.38. The molecular weight excluding hydrogens is 813 g/mol. The zero-order valence-corrected chi connectivity index (χ0v) is 36.2. The molecule has 0 saturated heterocycles. The van der Waals surface area contributed by atoms with Gasteiger partial charge >= 0.3 is 0 Å². The summed E-state index contributed by atoms with van der Waals surface area (Å²) in [5, 5.41) is 7.03. The van der Waals surface area contributed by atoms with Crippen LogP contribution in [-0.4, -0.2) is 23.4 Å². The van der Waals surface area contributed by atoms with Crippen molar-refractivity contribution in [3.8, 4) is 56.3 Å². The van der Waals surface area contributed by atoms with Crippen LogP contribution in [-0.2, 0) is 0 Å². The van der Waals surface area contributed by atoms with E-state index in [1.807, 2.05) is 109 Å². The fourth-order valence-corrected chi connectivity index (χ4v) is 9.99. The van der Waals surface area contributed by atoms with Crippen molar-refractivity contribution >= 4 is 65.2 Å². The van der Waals surface area contributed by atoms with E-state index in [0.29, 0.717) is 21.5 Å². The van der Waals surface area contributed by atoms with Gasteiger partial charge in [-0.1, -0.05) is 109 Å². The van der Waals surface area contributed by atoms with Crippen molar-refractivity contribution in [1.29, 1.82) is 0 Å². The number of pyridine rings is 2. The molecule has 12 rings (SSSR count). The molecule has 0 amide bonds. The van der Waals surface area contributed by atoms with Gasteiger partial charge in [-0.3, -0.25) is 9.59 Å². The van der Waals surface area contributed by atoms with Crippen LogP contribution in [0.2, 0.25) is 0 Å². The van der Waals surface area contributed by atoms with Crippen molar-refractivity contribution in [3.05, 3.63) is 227 Å². The normalized spacial score (nSPS) is 11.6. The third kappa shape index (κ3) is 6.10. The van der Waals surface area contributed by atoms with Crippen LogP contribution in [0.25, 0.3) is 110 Å². The predicted octanol–water partition coefficient (Wildman–Crippen LogP) is 13.9. The zero-order chi connectivity index (χ0) is 44.5. The van der Waals surface area contributed by atoms with Gasteiger partial charge in [-0.05, 0) is 141 Å². The summed E-state index contributed by atoms with van der Waals surface area (Å²) < 4.78 is 16.5.